The maximum atomic E-state index is 12.2. The minimum Gasteiger partial charge on any atom is -0.444 e. The van der Waals surface area contributed by atoms with Gasteiger partial charge in [-0.1, -0.05) is 6.08 Å². The van der Waals surface area contributed by atoms with Crippen LogP contribution in [0.4, 0.5) is 4.79 Å². The van der Waals surface area contributed by atoms with Crippen LogP contribution >= 0.6 is 12.2 Å². The molecule has 0 aliphatic carbocycles. The molecule has 0 aromatic carbocycles. The second kappa shape index (κ2) is 8.35. The Hall–Kier alpha value is -1.67. The molecule has 1 saturated heterocycles. The van der Waals surface area contributed by atoms with E-state index in [1.54, 1.807) is 4.90 Å². The molecule has 1 aromatic rings. The number of aromatic nitrogens is 3. The number of piperidine rings is 1. The summed E-state index contributed by atoms with van der Waals surface area (Å²) < 4.78 is 10.0. The fourth-order valence-electron chi connectivity index (χ4n) is 3.10. The molecular weight excluding hydrogens is 350 g/mol. The van der Waals surface area contributed by atoms with Gasteiger partial charge in [-0.3, -0.25) is 4.90 Å². The molecule has 7 nitrogen and oxygen atoms in total. The molecule has 0 radical (unpaired) electrons. The first-order chi connectivity index (χ1) is 12.1. The highest BCUT2D eigenvalue weighted by atomic mass is 32.1. The lowest BCUT2D eigenvalue weighted by Gasteiger charge is -2.37. The number of rotatable bonds is 5. The minimum atomic E-state index is -0.468. The molecular formula is C18H31N5O2S. The Bertz CT molecular complexity index is 695. The van der Waals surface area contributed by atoms with Gasteiger partial charge < -0.3 is 14.2 Å². The smallest absolute Gasteiger partial charge is 0.410 e. The van der Waals surface area contributed by atoms with Gasteiger partial charge in [-0.15, -0.1) is 6.58 Å². The lowest BCUT2D eigenvalue weighted by atomic mass is 10.0. The van der Waals surface area contributed by atoms with Gasteiger partial charge in [0, 0.05) is 32.7 Å². The molecule has 0 unspecified atom stereocenters. The second-order valence-electron chi connectivity index (χ2n) is 7.81. The monoisotopic (exact) mass is 381 g/mol. The van der Waals surface area contributed by atoms with E-state index in [0.29, 0.717) is 13.2 Å². The number of aryl methyl sites for hydroxylation is 1. The number of carbonyl (C=O) groups is 1. The van der Waals surface area contributed by atoms with Gasteiger partial charge in [-0.25, -0.2) is 9.48 Å². The summed E-state index contributed by atoms with van der Waals surface area (Å²) in [6, 6.07) is 0.203. The maximum absolute atomic E-state index is 12.2. The molecule has 1 fully saturated rings. The molecule has 2 heterocycles. The summed E-state index contributed by atoms with van der Waals surface area (Å²) in [5.74, 6) is 0.898. The van der Waals surface area contributed by atoms with Gasteiger partial charge in [0.25, 0.3) is 0 Å². The number of amides is 1. The van der Waals surface area contributed by atoms with Crippen molar-refractivity contribution >= 4 is 18.3 Å². The summed E-state index contributed by atoms with van der Waals surface area (Å²) in [5, 5.41) is 4.55. The highest BCUT2D eigenvalue weighted by molar-refractivity contribution is 7.71. The lowest BCUT2D eigenvalue weighted by Crippen LogP contribution is -2.47. The number of allylic oxidation sites excluding steroid dienone is 1. The first-order valence-corrected chi connectivity index (χ1v) is 9.46. The largest absolute Gasteiger partial charge is 0.444 e. The zero-order valence-corrected chi connectivity index (χ0v) is 17.4. The summed E-state index contributed by atoms with van der Waals surface area (Å²) >= 11 is 5.52. The summed E-state index contributed by atoms with van der Waals surface area (Å²) in [4.78, 5) is 16.3. The summed E-state index contributed by atoms with van der Waals surface area (Å²) in [7, 11) is 1.82. The van der Waals surface area contributed by atoms with Crippen molar-refractivity contribution in [3.8, 4) is 0 Å². The van der Waals surface area contributed by atoms with Crippen LogP contribution in [0.25, 0.3) is 0 Å². The first kappa shape index (κ1) is 20.6. The normalized spacial score (nSPS) is 16.5. The molecule has 146 valence electrons. The topological polar surface area (TPSA) is 55.5 Å². The molecule has 0 saturated carbocycles. The molecule has 2 rings (SSSR count). The van der Waals surface area contributed by atoms with Crippen molar-refractivity contribution in [1.82, 2.24) is 24.1 Å². The average molecular weight is 382 g/mol. The van der Waals surface area contributed by atoms with Gasteiger partial charge in [0.2, 0.25) is 0 Å². The maximum Gasteiger partial charge on any atom is 0.410 e. The van der Waals surface area contributed by atoms with E-state index < -0.39 is 5.60 Å². The van der Waals surface area contributed by atoms with Crippen LogP contribution in [0.1, 0.15) is 39.4 Å². The Morgan fingerprint density at radius 1 is 1.42 bits per heavy atom. The molecule has 1 amide bonds. The van der Waals surface area contributed by atoms with E-state index in [4.69, 9.17) is 17.0 Å². The number of nitrogens with zero attached hydrogens (tertiary/aromatic N) is 5. The number of hydrogen-bond donors (Lipinski definition) is 0. The minimum absolute atomic E-state index is 0.203. The highest BCUT2D eigenvalue weighted by Crippen LogP contribution is 2.19. The van der Waals surface area contributed by atoms with Crippen LogP contribution in [0.5, 0.6) is 0 Å². The third-order valence-corrected chi connectivity index (χ3v) is 4.97. The molecule has 8 heteroatoms. The molecule has 1 aromatic heterocycles. The molecule has 26 heavy (non-hydrogen) atoms. The Balaban J connectivity index is 1.91. The summed E-state index contributed by atoms with van der Waals surface area (Å²) in [6.07, 6.45) is 3.40. The van der Waals surface area contributed by atoms with Crippen molar-refractivity contribution in [3.05, 3.63) is 23.3 Å². The second-order valence-corrected chi connectivity index (χ2v) is 8.18. The van der Waals surface area contributed by atoms with Gasteiger partial charge in [0.05, 0.1) is 6.67 Å². The first-order valence-electron chi connectivity index (χ1n) is 9.05. The van der Waals surface area contributed by atoms with Crippen LogP contribution < -0.4 is 0 Å². The Kier molecular flexibility index (Phi) is 6.63. The zero-order valence-electron chi connectivity index (χ0n) is 16.6. The average Bonchev–Trinajstić information content (AvgIpc) is 2.81. The Labute approximate surface area is 161 Å². The van der Waals surface area contributed by atoms with Gasteiger partial charge in [0.1, 0.15) is 11.4 Å². The lowest BCUT2D eigenvalue weighted by molar-refractivity contribution is 0.0134. The summed E-state index contributed by atoms with van der Waals surface area (Å²) in [6.45, 7) is 14.5. The van der Waals surface area contributed by atoms with Crippen molar-refractivity contribution in [2.75, 3.05) is 20.1 Å². The van der Waals surface area contributed by atoms with Gasteiger partial charge in [-0.2, -0.15) is 5.10 Å². The molecule has 0 bridgehead atoms. The van der Waals surface area contributed by atoms with Gasteiger partial charge >= 0.3 is 6.09 Å². The van der Waals surface area contributed by atoms with Crippen molar-refractivity contribution in [3.63, 3.8) is 0 Å². The Morgan fingerprint density at radius 3 is 2.58 bits per heavy atom. The van der Waals surface area contributed by atoms with Crippen molar-refractivity contribution in [2.24, 2.45) is 0 Å². The van der Waals surface area contributed by atoms with Crippen LogP contribution in [-0.4, -0.2) is 62.0 Å². The summed E-state index contributed by atoms with van der Waals surface area (Å²) in [5.41, 5.74) is -0.468. The van der Waals surface area contributed by atoms with Crippen LogP contribution in [0.2, 0.25) is 0 Å². The van der Waals surface area contributed by atoms with E-state index in [1.807, 2.05) is 50.1 Å². The number of likely N-dealkylation sites (tertiary alicyclic amines) is 1. The van der Waals surface area contributed by atoms with Gasteiger partial charge in [-0.05, 0) is 52.8 Å². The third-order valence-electron chi connectivity index (χ3n) is 4.54. The SMILES string of the molecule is C=CCn1c(C)nn(CN2CCC(N(C)C(=O)OC(C)(C)C)CC2)c1=S. The highest BCUT2D eigenvalue weighted by Gasteiger charge is 2.28. The van der Waals surface area contributed by atoms with E-state index in [2.05, 4.69) is 16.6 Å². The third kappa shape index (κ3) is 5.17. The predicted molar refractivity (Wildman–Crippen MR) is 105 cm³/mol. The number of carbonyl (C=O) groups excluding carboxylic acids is 1. The zero-order chi connectivity index (χ0) is 19.5. The fraction of sp³-hybridized carbons (Fsp3) is 0.722. The molecule has 0 spiro atoms. The van der Waals surface area contributed by atoms with Crippen LogP contribution in [0.3, 0.4) is 0 Å². The van der Waals surface area contributed by atoms with Crippen molar-refractivity contribution < 1.29 is 9.53 Å². The predicted octanol–water partition coefficient (Wildman–Crippen LogP) is 3.20. The standard InChI is InChI=1S/C18H31N5O2S/c1-7-10-22-14(2)19-23(16(22)26)13-21-11-8-15(9-12-21)20(6)17(24)25-18(3,4)5/h7,15H,1,8-13H2,2-6H3. The van der Waals surface area contributed by atoms with Crippen molar-refractivity contribution in [1.29, 1.82) is 0 Å². The Morgan fingerprint density at radius 2 is 2.04 bits per heavy atom. The quantitative estimate of drug-likeness (QED) is 0.579. The van der Waals surface area contributed by atoms with E-state index in [1.165, 1.54) is 0 Å². The van der Waals surface area contributed by atoms with Crippen LogP contribution in [0.15, 0.2) is 12.7 Å². The number of ether oxygens (including phenoxy) is 1. The van der Waals surface area contributed by atoms with Crippen LogP contribution in [-0.2, 0) is 18.0 Å². The fourth-order valence-corrected chi connectivity index (χ4v) is 3.41. The van der Waals surface area contributed by atoms with E-state index >= 15 is 0 Å². The molecule has 0 atom stereocenters. The number of hydrogen-bond acceptors (Lipinski definition) is 5. The molecule has 1 aliphatic rings. The molecule has 0 N–H and O–H groups in total. The van der Waals surface area contributed by atoms with Gasteiger partial charge in [0.15, 0.2) is 4.77 Å². The van der Waals surface area contributed by atoms with Crippen molar-refractivity contribution in [2.45, 2.75) is 65.4 Å². The molecule has 1 aliphatic heterocycles. The van der Waals surface area contributed by atoms with Crippen LogP contribution in [0, 0.1) is 11.7 Å². The van der Waals surface area contributed by atoms with E-state index in [0.717, 1.165) is 36.5 Å². The van der Waals surface area contributed by atoms with E-state index in [-0.39, 0.29) is 12.1 Å². The van der Waals surface area contributed by atoms with E-state index in [9.17, 15) is 4.79 Å².